The Morgan fingerprint density at radius 1 is 1.14 bits per heavy atom. The average molecular weight is 289 g/mol. The average Bonchev–Trinajstić information content (AvgIpc) is 2.57. The highest BCUT2D eigenvalue weighted by molar-refractivity contribution is 5.27. The van der Waals surface area contributed by atoms with Gasteiger partial charge in [0.25, 0.3) is 0 Å². The molecule has 1 atom stereocenters. The highest BCUT2D eigenvalue weighted by Crippen LogP contribution is 2.43. The van der Waals surface area contributed by atoms with E-state index >= 15 is 0 Å². The van der Waals surface area contributed by atoms with Gasteiger partial charge in [-0.3, -0.25) is 0 Å². The largest absolute Gasteiger partial charge is 0.383 e. The molecule has 2 nitrogen and oxygen atoms in total. The van der Waals surface area contributed by atoms with Crippen LogP contribution >= 0.6 is 0 Å². The minimum atomic E-state index is 0.287. The summed E-state index contributed by atoms with van der Waals surface area (Å²) < 4.78 is 5.18. The minimum absolute atomic E-state index is 0.287. The van der Waals surface area contributed by atoms with Crippen LogP contribution in [0.25, 0.3) is 0 Å². The van der Waals surface area contributed by atoms with Gasteiger partial charge in [-0.1, -0.05) is 56.5 Å². The van der Waals surface area contributed by atoms with Gasteiger partial charge in [0.15, 0.2) is 0 Å². The van der Waals surface area contributed by atoms with Crippen LogP contribution in [0.2, 0.25) is 0 Å². The molecule has 0 amide bonds. The summed E-state index contributed by atoms with van der Waals surface area (Å²) >= 11 is 0. The molecule has 0 bridgehead atoms. The van der Waals surface area contributed by atoms with Gasteiger partial charge in [0, 0.05) is 25.6 Å². The van der Waals surface area contributed by atoms with Crippen LogP contribution in [0.15, 0.2) is 30.3 Å². The first-order valence-corrected chi connectivity index (χ1v) is 8.58. The van der Waals surface area contributed by atoms with Gasteiger partial charge in [0.2, 0.25) is 0 Å². The molecule has 1 saturated carbocycles. The van der Waals surface area contributed by atoms with E-state index in [1.54, 1.807) is 7.11 Å². The summed E-state index contributed by atoms with van der Waals surface area (Å²) in [6, 6.07) is 11.2. The standard InChI is InChI=1S/C19H31NO/c1-3-19(16-20-14-15-21-2,17-10-6-4-7-11-17)18-12-8-5-9-13-18/h4,6-7,10-11,18,20H,3,5,8-9,12-16H2,1-2H3. The van der Waals surface area contributed by atoms with Crippen LogP contribution in [-0.2, 0) is 10.2 Å². The molecule has 0 radical (unpaired) electrons. The van der Waals surface area contributed by atoms with Crippen molar-refractivity contribution in [3.63, 3.8) is 0 Å². The second-order valence-corrected chi connectivity index (χ2v) is 6.38. The lowest BCUT2D eigenvalue weighted by Crippen LogP contribution is -2.45. The van der Waals surface area contributed by atoms with Gasteiger partial charge < -0.3 is 10.1 Å². The van der Waals surface area contributed by atoms with Gasteiger partial charge in [-0.15, -0.1) is 0 Å². The zero-order chi connectivity index (χ0) is 15.0. The fourth-order valence-corrected chi connectivity index (χ4v) is 4.01. The Balaban J connectivity index is 2.18. The van der Waals surface area contributed by atoms with Crippen molar-refractivity contribution in [2.45, 2.75) is 50.9 Å². The van der Waals surface area contributed by atoms with Crippen LogP contribution in [0.3, 0.4) is 0 Å². The molecule has 1 aromatic carbocycles. The van der Waals surface area contributed by atoms with Crippen molar-refractivity contribution in [2.75, 3.05) is 26.8 Å². The fourth-order valence-electron chi connectivity index (χ4n) is 4.01. The number of rotatable bonds is 8. The van der Waals surface area contributed by atoms with Crippen LogP contribution in [-0.4, -0.2) is 26.8 Å². The van der Waals surface area contributed by atoms with E-state index in [4.69, 9.17) is 4.74 Å². The Kier molecular flexibility index (Phi) is 6.72. The second-order valence-electron chi connectivity index (χ2n) is 6.38. The highest BCUT2D eigenvalue weighted by atomic mass is 16.5. The fraction of sp³-hybridized carbons (Fsp3) is 0.684. The molecule has 1 aromatic rings. The smallest absolute Gasteiger partial charge is 0.0587 e. The monoisotopic (exact) mass is 289 g/mol. The summed E-state index contributed by atoms with van der Waals surface area (Å²) in [5, 5.41) is 3.65. The molecule has 1 aliphatic rings. The van der Waals surface area contributed by atoms with Crippen LogP contribution < -0.4 is 5.32 Å². The minimum Gasteiger partial charge on any atom is -0.383 e. The predicted octanol–water partition coefficient (Wildman–Crippen LogP) is 4.15. The van der Waals surface area contributed by atoms with Crippen molar-refractivity contribution in [3.8, 4) is 0 Å². The zero-order valence-corrected chi connectivity index (χ0v) is 13.7. The first-order chi connectivity index (χ1) is 10.3. The summed E-state index contributed by atoms with van der Waals surface area (Å²) in [5.74, 6) is 0.814. The Morgan fingerprint density at radius 3 is 2.48 bits per heavy atom. The van der Waals surface area contributed by atoms with E-state index in [0.29, 0.717) is 0 Å². The molecule has 21 heavy (non-hydrogen) atoms. The number of methoxy groups -OCH3 is 1. The lowest BCUT2D eigenvalue weighted by Gasteiger charge is -2.43. The van der Waals surface area contributed by atoms with Gasteiger partial charge in [-0.05, 0) is 30.7 Å². The number of hydrogen-bond donors (Lipinski definition) is 1. The van der Waals surface area contributed by atoms with Crippen LogP contribution in [0, 0.1) is 5.92 Å². The molecule has 2 rings (SSSR count). The predicted molar refractivity (Wildman–Crippen MR) is 89.7 cm³/mol. The summed E-state index contributed by atoms with van der Waals surface area (Å²) in [6.45, 7) is 5.16. The Bertz CT molecular complexity index is 386. The van der Waals surface area contributed by atoms with Gasteiger partial charge in [-0.25, -0.2) is 0 Å². The third kappa shape index (κ3) is 4.08. The maximum atomic E-state index is 5.18. The summed E-state index contributed by atoms with van der Waals surface area (Å²) in [4.78, 5) is 0. The van der Waals surface area contributed by atoms with Crippen LogP contribution in [0.4, 0.5) is 0 Å². The van der Waals surface area contributed by atoms with Crippen molar-refractivity contribution in [2.24, 2.45) is 5.92 Å². The molecule has 0 heterocycles. The number of nitrogens with one attached hydrogen (secondary N) is 1. The first-order valence-electron chi connectivity index (χ1n) is 8.58. The molecule has 0 aliphatic heterocycles. The third-order valence-corrected chi connectivity index (χ3v) is 5.29. The molecule has 2 heteroatoms. The van der Waals surface area contributed by atoms with Crippen molar-refractivity contribution >= 4 is 0 Å². The number of benzene rings is 1. The van der Waals surface area contributed by atoms with Crippen molar-refractivity contribution in [1.29, 1.82) is 0 Å². The molecule has 0 aromatic heterocycles. The van der Waals surface area contributed by atoms with E-state index in [2.05, 4.69) is 42.6 Å². The molecular weight excluding hydrogens is 258 g/mol. The molecule has 118 valence electrons. The highest BCUT2D eigenvalue weighted by Gasteiger charge is 2.38. The molecule has 1 unspecified atom stereocenters. The van der Waals surface area contributed by atoms with Gasteiger partial charge in [0.05, 0.1) is 6.61 Å². The zero-order valence-electron chi connectivity index (χ0n) is 13.7. The van der Waals surface area contributed by atoms with Crippen molar-refractivity contribution in [3.05, 3.63) is 35.9 Å². The SMILES string of the molecule is CCC(CNCCOC)(c1ccccc1)C1CCCCC1. The van der Waals surface area contributed by atoms with E-state index in [-0.39, 0.29) is 5.41 Å². The van der Waals surface area contributed by atoms with E-state index in [0.717, 1.165) is 25.6 Å². The van der Waals surface area contributed by atoms with Crippen molar-refractivity contribution < 1.29 is 4.74 Å². The van der Waals surface area contributed by atoms with E-state index in [1.165, 1.54) is 44.1 Å². The quantitative estimate of drug-likeness (QED) is 0.726. The number of ether oxygens (including phenoxy) is 1. The van der Waals surface area contributed by atoms with Crippen molar-refractivity contribution in [1.82, 2.24) is 5.32 Å². The lowest BCUT2D eigenvalue weighted by molar-refractivity contribution is 0.170. The van der Waals surface area contributed by atoms with Crippen LogP contribution in [0.1, 0.15) is 51.0 Å². The summed E-state index contributed by atoms with van der Waals surface area (Å²) in [7, 11) is 1.77. The first kappa shape index (κ1) is 16.5. The van der Waals surface area contributed by atoms with Gasteiger partial charge in [0.1, 0.15) is 0 Å². The van der Waals surface area contributed by atoms with E-state index in [9.17, 15) is 0 Å². The number of hydrogen-bond acceptors (Lipinski definition) is 2. The topological polar surface area (TPSA) is 21.3 Å². The maximum absolute atomic E-state index is 5.18. The molecule has 1 N–H and O–H groups in total. The van der Waals surface area contributed by atoms with E-state index < -0.39 is 0 Å². The van der Waals surface area contributed by atoms with Gasteiger partial charge >= 0.3 is 0 Å². The lowest BCUT2D eigenvalue weighted by atomic mass is 9.63. The Morgan fingerprint density at radius 2 is 1.86 bits per heavy atom. The Labute approximate surface area is 130 Å². The maximum Gasteiger partial charge on any atom is 0.0587 e. The Hall–Kier alpha value is -0.860. The molecule has 1 aliphatic carbocycles. The third-order valence-electron chi connectivity index (χ3n) is 5.29. The molecule has 0 saturated heterocycles. The molecule has 1 fully saturated rings. The summed E-state index contributed by atoms with van der Waals surface area (Å²) in [5.41, 5.74) is 1.81. The van der Waals surface area contributed by atoms with Crippen LogP contribution in [0.5, 0.6) is 0 Å². The normalized spacial score (nSPS) is 19.3. The van der Waals surface area contributed by atoms with Gasteiger partial charge in [-0.2, -0.15) is 0 Å². The second kappa shape index (κ2) is 8.55. The molecule has 0 spiro atoms. The van der Waals surface area contributed by atoms with E-state index in [1.807, 2.05) is 0 Å². The summed E-state index contributed by atoms with van der Waals surface area (Å²) in [6.07, 6.45) is 8.20. The molecular formula is C19H31NO.